The fourth-order valence-electron chi connectivity index (χ4n) is 3.72. The number of aryl methyl sites for hydroxylation is 1. The molecule has 3 rings (SSSR count). The zero-order chi connectivity index (χ0) is 23.6. The van der Waals surface area contributed by atoms with Gasteiger partial charge in [-0.25, -0.2) is 0 Å². The largest absolute Gasteiger partial charge is 0.355 e. The maximum atomic E-state index is 13.5. The average molecular weight is 483 g/mol. The van der Waals surface area contributed by atoms with Crippen molar-refractivity contribution in [2.75, 3.05) is 6.54 Å². The summed E-state index contributed by atoms with van der Waals surface area (Å²) in [4.78, 5) is 28.3. The molecule has 3 aromatic carbocycles. The average Bonchev–Trinajstić information content (AvgIpc) is 2.82. The molecular formula is C27H28Cl2N2O2. The van der Waals surface area contributed by atoms with Gasteiger partial charge >= 0.3 is 0 Å². The molecule has 172 valence electrons. The van der Waals surface area contributed by atoms with Crippen molar-refractivity contribution < 1.29 is 9.59 Å². The Kier molecular flexibility index (Phi) is 9.35. The van der Waals surface area contributed by atoms with Crippen molar-refractivity contribution in [1.82, 2.24) is 10.2 Å². The van der Waals surface area contributed by atoms with Crippen LogP contribution in [0.25, 0.3) is 0 Å². The Bertz CT molecular complexity index is 1060. The number of rotatable bonds is 10. The van der Waals surface area contributed by atoms with Gasteiger partial charge in [0.25, 0.3) is 0 Å². The van der Waals surface area contributed by atoms with Crippen molar-refractivity contribution in [3.05, 3.63) is 106 Å². The molecule has 0 aliphatic carbocycles. The van der Waals surface area contributed by atoms with E-state index in [-0.39, 0.29) is 18.4 Å². The molecule has 0 spiro atoms. The minimum Gasteiger partial charge on any atom is -0.355 e. The number of benzene rings is 3. The highest BCUT2D eigenvalue weighted by molar-refractivity contribution is 6.35. The predicted octanol–water partition coefficient (Wildman–Crippen LogP) is 5.70. The second-order valence-electron chi connectivity index (χ2n) is 7.84. The molecule has 0 radical (unpaired) electrons. The molecule has 1 atom stereocenters. The molecule has 0 unspecified atom stereocenters. The summed E-state index contributed by atoms with van der Waals surface area (Å²) < 4.78 is 0. The van der Waals surface area contributed by atoms with Gasteiger partial charge in [-0.15, -0.1) is 0 Å². The smallest absolute Gasteiger partial charge is 0.243 e. The first kappa shape index (κ1) is 24.8. The number of carbonyl (C=O) groups excluding carboxylic acids is 2. The van der Waals surface area contributed by atoms with Crippen LogP contribution in [-0.2, 0) is 29.0 Å². The van der Waals surface area contributed by atoms with Crippen molar-refractivity contribution in [1.29, 1.82) is 0 Å². The Balaban J connectivity index is 1.91. The Hall–Kier alpha value is -2.82. The van der Waals surface area contributed by atoms with Gasteiger partial charge in [-0.3, -0.25) is 9.59 Å². The number of carbonyl (C=O) groups is 2. The summed E-state index contributed by atoms with van der Waals surface area (Å²) in [5.41, 5.74) is 2.81. The standard InChI is InChI=1S/C27H28Cl2N2O2/c1-2-30-27(33)25(17-21-11-7-4-8-12-21)31(19-22-14-15-23(28)18-24(22)29)26(32)16-13-20-9-5-3-6-10-20/h3-12,14-15,18,25H,2,13,16-17,19H2,1H3,(H,30,33)/t25-/m0/s1. The third kappa shape index (κ3) is 7.34. The van der Waals surface area contributed by atoms with E-state index >= 15 is 0 Å². The summed E-state index contributed by atoms with van der Waals surface area (Å²) in [6, 6.07) is 24.1. The lowest BCUT2D eigenvalue weighted by Crippen LogP contribution is -2.50. The first-order valence-electron chi connectivity index (χ1n) is 11.1. The molecular weight excluding hydrogens is 455 g/mol. The number of amides is 2. The van der Waals surface area contributed by atoms with Crippen LogP contribution in [0, 0.1) is 0 Å². The molecule has 2 amide bonds. The lowest BCUT2D eigenvalue weighted by molar-refractivity contribution is -0.141. The third-order valence-electron chi connectivity index (χ3n) is 5.45. The molecule has 0 aliphatic heterocycles. The highest BCUT2D eigenvalue weighted by Crippen LogP contribution is 2.24. The summed E-state index contributed by atoms with van der Waals surface area (Å²) in [6.07, 6.45) is 1.30. The molecule has 1 N–H and O–H groups in total. The SMILES string of the molecule is CCNC(=O)[C@H](Cc1ccccc1)N(Cc1ccc(Cl)cc1Cl)C(=O)CCc1ccccc1. The quantitative estimate of drug-likeness (QED) is 0.402. The zero-order valence-electron chi connectivity index (χ0n) is 18.6. The van der Waals surface area contributed by atoms with Crippen molar-refractivity contribution >= 4 is 35.0 Å². The van der Waals surface area contributed by atoms with Gasteiger partial charge in [0, 0.05) is 36.0 Å². The van der Waals surface area contributed by atoms with Crippen LogP contribution < -0.4 is 5.32 Å². The van der Waals surface area contributed by atoms with E-state index in [9.17, 15) is 9.59 Å². The van der Waals surface area contributed by atoms with Gasteiger partial charge in [-0.2, -0.15) is 0 Å². The fourth-order valence-corrected chi connectivity index (χ4v) is 4.19. The Morgan fingerprint density at radius 3 is 2.15 bits per heavy atom. The van der Waals surface area contributed by atoms with Crippen LogP contribution in [0.2, 0.25) is 10.0 Å². The molecule has 0 saturated carbocycles. The Morgan fingerprint density at radius 1 is 0.909 bits per heavy atom. The predicted molar refractivity (Wildman–Crippen MR) is 134 cm³/mol. The zero-order valence-corrected chi connectivity index (χ0v) is 20.1. The van der Waals surface area contributed by atoms with Gasteiger partial charge in [0.2, 0.25) is 11.8 Å². The van der Waals surface area contributed by atoms with Crippen LogP contribution in [-0.4, -0.2) is 29.3 Å². The number of likely N-dealkylation sites (N-methyl/N-ethyl adjacent to an activating group) is 1. The summed E-state index contributed by atoms with van der Waals surface area (Å²) in [5, 5.41) is 3.89. The molecule has 33 heavy (non-hydrogen) atoms. The number of hydrogen-bond acceptors (Lipinski definition) is 2. The van der Waals surface area contributed by atoms with Crippen LogP contribution >= 0.6 is 23.2 Å². The monoisotopic (exact) mass is 482 g/mol. The number of hydrogen-bond donors (Lipinski definition) is 1. The van der Waals surface area contributed by atoms with E-state index in [4.69, 9.17) is 23.2 Å². The Morgan fingerprint density at radius 2 is 1.55 bits per heavy atom. The van der Waals surface area contributed by atoms with Crippen LogP contribution in [0.1, 0.15) is 30.0 Å². The number of nitrogens with one attached hydrogen (secondary N) is 1. The van der Waals surface area contributed by atoms with Gasteiger partial charge < -0.3 is 10.2 Å². The fraction of sp³-hybridized carbons (Fsp3) is 0.259. The van der Waals surface area contributed by atoms with E-state index in [1.54, 1.807) is 23.1 Å². The number of halogens is 2. The molecule has 0 heterocycles. The highest BCUT2D eigenvalue weighted by atomic mass is 35.5. The van der Waals surface area contributed by atoms with Gasteiger partial charge in [-0.1, -0.05) is 89.9 Å². The van der Waals surface area contributed by atoms with Gasteiger partial charge in [0.05, 0.1) is 0 Å². The second-order valence-corrected chi connectivity index (χ2v) is 8.69. The summed E-state index contributed by atoms with van der Waals surface area (Å²) in [7, 11) is 0. The molecule has 0 fully saturated rings. The number of nitrogens with zero attached hydrogens (tertiary/aromatic N) is 1. The lowest BCUT2D eigenvalue weighted by Gasteiger charge is -2.32. The van der Waals surface area contributed by atoms with Crippen molar-refractivity contribution in [3.63, 3.8) is 0 Å². The van der Waals surface area contributed by atoms with E-state index in [1.165, 1.54) is 0 Å². The molecule has 0 bridgehead atoms. The molecule has 0 aromatic heterocycles. The van der Waals surface area contributed by atoms with Crippen LogP contribution in [0.4, 0.5) is 0 Å². The van der Waals surface area contributed by atoms with E-state index in [1.807, 2.05) is 67.6 Å². The lowest BCUT2D eigenvalue weighted by atomic mass is 10.0. The Labute approximate surface area is 205 Å². The maximum Gasteiger partial charge on any atom is 0.243 e. The van der Waals surface area contributed by atoms with Gasteiger partial charge in [0.15, 0.2) is 0 Å². The summed E-state index contributed by atoms with van der Waals surface area (Å²) in [5.74, 6) is -0.281. The molecule has 4 nitrogen and oxygen atoms in total. The van der Waals surface area contributed by atoms with Crippen molar-refractivity contribution in [2.45, 2.75) is 38.8 Å². The topological polar surface area (TPSA) is 49.4 Å². The third-order valence-corrected chi connectivity index (χ3v) is 6.04. The minimum absolute atomic E-state index is 0.1000. The summed E-state index contributed by atoms with van der Waals surface area (Å²) >= 11 is 12.5. The molecule has 6 heteroatoms. The molecule has 0 aliphatic rings. The minimum atomic E-state index is -0.664. The van der Waals surface area contributed by atoms with Crippen LogP contribution in [0.5, 0.6) is 0 Å². The van der Waals surface area contributed by atoms with Gasteiger partial charge in [-0.05, 0) is 42.2 Å². The first-order chi connectivity index (χ1) is 16.0. The van der Waals surface area contributed by atoms with Crippen molar-refractivity contribution in [3.8, 4) is 0 Å². The van der Waals surface area contributed by atoms with E-state index in [2.05, 4.69) is 5.32 Å². The van der Waals surface area contributed by atoms with Gasteiger partial charge in [0.1, 0.15) is 6.04 Å². The van der Waals surface area contributed by atoms with Crippen LogP contribution in [0.15, 0.2) is 78.9 Å². The van der Waals surface area contributed by atoms with E-state index in [0.717, 1.165) is 16.7 Å². The highest BCUT2D eigenvalue weighted by Gasteiger charge is 2.30. The van der Waals surface area contributed by atoms with Crippen LogP contribution in [0.3, 0.4) is 0 Å². The van der Waals surface area contributed by atoms with E-state index < -0.39 is 6.04 Å². The maximum absolute atomic E-state index is 13.5. The molecule has 3 aromatic rings. The normalized spacial score (nSPS) is 11.6. The van der Waals surface area contributed by atoms with E-state index in [0.29, 0.717) is 35.9 Å². The first-order valence-corrected chi connectivity index (χ1v) is 11.8. The second kappa shape index (κ2) is 12.4. The summed E-state index contributed by atoms with van der Waals surface area (Å²) in [6.45, 7) is 2.57. The molecule has 0 saturated heterocycles. The van der Waals surface area contributed by atoms with Crippen molar-refractivity contribution in [2.24, 2.45) is 0 Å².